The van der Waals surface area contributed by atoms with Gasteiger partial charge < -0.3 is 20.0 Å². The molecule has 1 unspecified atom stereocenters. The standard InChI is InChI=1S/C20H29N7O/c1-25(2)14-7-10-27(11-14)17-4-3-15-18(23-24-19(15)22-17)20(28)21-16-12-26-8-5-13(16)6-9-26/h3-4,13-14,16H,5-12H2,1-2H3,(H,21,28)(H,22,23,24)/t14?,16-/m0/s1. The molecule has 6 rings (SSSR count). The van der Waals surface area contributed by atoms with Gasteiger partial charge in [-0.15, -0.1) is 0 Å². The number of piperidine rings is 3. The van der Waals surface area contributed by atoms with Crippen molar-refractivity contribution >= 4 is 22.8 Å². The average Bonchev–Trinajstić information content (AvgIpc) is 3.36. The molecule has 28 heavy (non-hydrogen) atoms. The van der Waals surface area contributed by atoms with E-state index >= 15 is 0 Å². The minimum Gasteiger partial charge on any atom is -0.355 e. The van der Waals surface area contributed by atoms with Gasteiger partial charge in [0.25, 0.3) is 5.91 Å². The van der Waals surface area contributed by atoms with Crippen molar-refractivity contribution in [3.8, 4) is 0 Å². The summed E-state index contributed by atoms with van der Waals surface area (Å²) in [5.74, 6) is 1.48. The Morgan fingerprint density at radius 3 is 2.68 bits per heavy atom. The number of nitrogens with one attached hydrogen (secondary N) is 2. The highest BCUT2D eigenvalue weighted by molar-refractivity contribution is 6.04. The van der Waals surface area contributed by atoms with Crippen LogP contribution in [0.3, 0.4) is 0 Å². The molecule has 2 atom stereocenters. The molecule has 8 nitrogen and oxygen atoms in total. The van der Waals surface area contributed by atoms with E-state index in [9.17, 15) is 4.79 Å². The topological polar surface area (TPSA) is 80.4 Å². The first kappa shape index (κ1) is 17.9. The summed E-state index contributed by atoms with van der Waals surface area (Å²) in [5.41, 5.74) is 1.14. The molecule has 4 aliphatic heterocycles. The molecule has 2 bridgehead atoms. The average molecular weight is 384 g/mol. The minimum atomic E-state index is -0.0651. The van der Waals surface area contributed by atoms with Crippen LogP contribution in [0.2, 0.25) is 0 Å². The highest BCUT2D eigenvalue weighted by Crippen LogP contribution is 2.28. The molecule has 0 saturated carbocycles. The monoisotopic (exact) mass is 383 g/mol. The van der Waals surface area contributed by atoms with E-state index in [2.05, 4.69) is 44.3 Å². The molecule has 4 aliphatic rings. The van der Waals surface area contributed by atoms with Gasteiger partial charge in [-0.05, 0) is 64.5 Å². The van der Waals surface area contributed by atoms with Crippen molar-refractivity contribution in [2.45, 2.75) is 31.3 Å². The predicted octanol–water partition coefficient (Wildman–Crippen LogP) is 0.922. The number of carbonyl (C=O) groups excluding carboxylic acids is 1. The van der Waals surface area contributed by atoms with Crippen molar-refractivity contribution in [1.29, 1.82) is 0 Å². The Hall–Kier alpha value is -2.19. The fourth-order valence-electron chi connectivity index (χ4n) is 4.98. The largest absolute Gasteiger partial charge is 0.355 e. The Balaban J connectivity index is 1.32. The number of aromatic amines is 1. The van der Waals surface area contributed by atoms with E-state index < -0.39 is 0 Å². The van der Waals surface area contributed by atoms with E-state index in [0.29, 0.717) is 23.3 Å². The maximum Gasteiger partial charge on any atom is 0.270 e. The molecule has 0 spiro atoms. The molecule has 0 aromatic carbocycles. The summed E-state index contributed by atoms with van der Waals surface area (Å²) in [4.78, 5) is 24.6. The van der Waals surface area contributed by atoms with Gasteiger partial charge in [0.1, 0.15) is 11.5 Å². The zero-order valence-electron chi connectivity index (χ0n) is 16.7. The van der Waals surface area contributed by atoms with Crippen molar-refractivity contribution in [1.82, 2.24) is 30.3 Å². The third-order valence-electron chi connectivity index (χ3n) is 6.82. The number of carbonyl (C=O) groups is 1. The first-order chi connectivity index (χ1) is 13.6. The molecule has 2 aromatic heterocycles. The van der Waals surface area contributed by atoms with Crippen LogP contribution in [0.15, 0.2) is 12.1 Å². The van der Waals surface area contributed by atoms with Crippen LogP contribution in [-0.2, 0) is 0 Å². The van der Waals surface area contributed by atoms with E-state index in [4.69, 9.17) is 4.98 Å². The number of anilines is 1. The molecule has 2 aromatic rings. The highest BCUT2D eigenvalue weighted by atomic mass is 16.2. The van der Waals surface area contributed by atoms with Crippen molar-refractivity contribution in [2.75, 3.05) is 51.7 Å². The SMILES string of the molecule is CN(C)C1CCN(c2ccc3c(C(=O)N[C@H]4CN5CCC4CC5)[nH]nc3n2)C1. The van der Waals surface area contributed by atoms with Crippen LogP contribution in [0, 0.1) is 5.92 Å². The Kier molecular flexibility index (Phi) is 4.47. The molecule has 2 N–H and O–H groups in total. The summed E-state index contributed by atoms with van der Waals surface area (Å²) in [6.07, 6.45) is 3.51. The number of likely N-dealkylation sites (N-methyl/N-ethyl adjacent to an activating group) is 1. The number of nitrogens with zero attached hydrogens (tertiary/aromatic N) is 5. The summed E-state index contributed by atoms with van der Waals surface area (Å²) < 4.78 is 0. The molecule has 4 saturated heterocycles. The second-order valence-corrected chi connectivity index (χ2v) is 8.71. The smallest absolute Gasteiger partial charge is 0.270 e. The van der Waals surface area contributed by atoms with Gasteiger partial charge in [-0.25, -0.2) is 4.98 Å². The number of H-pyrrole nitrogens is 1. The van der Waals surface area contributed by atoms with E-state index in [1.165, 1.54) is 25.9 Å². The maximum atomic E-state index is 12.9. The quantitative estimate of drug-likeness (QED) is 0.817. The Morgan fingerprint density at radius 2 is 2.00 bits per heavy atom. The summed E-state index contributed by atoms with van der Waals surface area (Å²) in [7, 11) is 4.25. The second kappa shape index (κ2) is 7.00. The molecule has 150 valence electrons. The fourth-order valence-corrected chi connectivity index (χ4v) is 4.98. The summed E-state index contributed by atoms with van der Waals surface area (Å²) in [6.45, 7) is 5.28. The third-order valence-corrected chi connectivity index (χ3v) is 6.82. The van der Waals surface area contributed by atoms with E-state index in [0.717, 1.165) is 37.3 Å². The normalized spacial score (nSPS) is 29.8. The van der Waals surface area contributed by atoms with Gasteiger partial charge in [0.15, 0.2) is 5.65 Å². The molecule has 0 aliphatic carbocycles. The van der Waals surface area contributed by atoms with Crippen LogP contribution < -0.4 is 10.2 Å². The Morgan fingerprint density at radius 1 is 1.18 bits per heavy atom. The molecule has 8 heteroatoms. The third kappa shape index (κ3) is 3.14. The van der Waals surface area contributed by atoms with Gasteiger partial charge in [-0.2, -0.15) is 5.10 Å². The van der Waals surface area contributed by atoms with Crippen molar-refractivity contribution in [3.05, 3.63) is 17.8 Å². The first-order valence-corrected chi connectivity index (χ1v) is 10.4. The van der Waals surface area contributed by atoms with E-state index in [-0.39, 0.29) is 11.9 Å². The van der Waals surface area contributed by atoms with Gasteiger partial charge in [-0.3, -0.25) is 9.89 Å². The molecule has 0 radical (unpaired) electrons. The van der Waals surface area contributed by atoms with Crippen LogP contribution in [0.4, 0.5) is 5.82 Å². The summed E-state index contributed by atoms with van der Waals surface area (Å²) in [5, 5.41) is 11.3. The predicted molar refractivity (Wildman–Crippen MR) is 109 cm³/mol. The van der Waals surface area contributed by atoms with Crippen LogP contribution >= 0.6 is 0 Å². The van der Waals surface area contributed by atoms with Crippen molar-refractivity contribution < 1.29 is 4.79 Å². The molecule has 4 fully saturated rings. The number of fused-ring (bicyclic) bond motifs is 4. The van der Waals surface area contributed by atoms with Crippen LogP contribution in [0.5, 0.6) is 0 Å². The van der Waals surface area contributed by atoms with Gasteiger partial charge >= 0.3 is 0 Å². The van der Waals surface area contributed by atoms with Gasteiger partial charge in [0.2, 0.25) is 0 Å². The fraction of sp³-hybridized carbons (Fsp3) is 0.650. The lowest BCUT2D eigenvalue weighted by Crippen LogP contribution is -2.57. The lowest BCUT2D eigenvalue weighted by atomic mass is 9.84. The second-order valence-electron chi connectivity index (χ2n) is 8.71. The number of rotatable bonds is 4. The number of hydrogen-bond donors (Lipinski definition) is 2. The van der Waals surface area contributed by atoms with E-state index in [1.807, 2.05) is 12.1 Å². The number of pyridine rings is 1. The molecular formula is C20H29N7O. The summed E-state index contributed by atoms with van der Waals surface area (Å²) >= 11 is 0. The van der Waals surface area contributed by atoms with Crippen LogP contribution in [0.1, 0.15) is 29.8 Å². The number of aromatic nitrogens is 3. The highest BCUT2D eigenvalue weighted by Gasteiger charge is 2.35. The number of hydrogen-bond acceptors (Lipinski definition) is 6. The minimum absolute atomic E-state index is 0.0651. The lowest BCUT2D eigenvalue weighted by molar-refractivity contribution is 0.0618. The van der Waals surface area contributed by atoms with Crippen LogP contribution in [0.25, 0.3) is 11.0 Å². The van der Waals surface area contributed by atoms with Gasteiger partial charge in [0.05, 0.1) is 5.39 Å². The number of amides is 1. The zero-order chi connectivity index (χ0) is 19.3. The first-order valence-electron chi connectivity index (χ1n) is 10.4. The zero-order valence-corrected chi connectivity index (χ0v) is 16.7. The summed E-state index contributed by atoms with van der Waals surface area (Å²) in [6, 6.07) is 4.80. The van der Waals surface area contributed by atoms with Gasteiger partial charge in [0, 0.05) is 31.7 Å². The molecular weight excluding hydrogens is 354 g/mol. The lowest BCUT2D eigenvalue weighted by Gasteiger charge is -2.44. The van der Waals surface area contributed by atoms with E-state index in [1.54, 1.807) is 0 Å². The Bertz CT molecular complexity index is 871. The van der Waals surface area contributed by atoms with Crippen molar-refractivity contribution in [2.24, 2.45) is 5.92 Å². The Labute approximate surface area is 165 Å². The van der Waals surface area contributed by atoms with Gasteiger partial charge in [-0.1, -0.05) is 0 Å². The van der Waals surface area contributed by atoms with Crippen molar-refractivity contribution in [3.63, 3.8) is 0 Å². The molecule has 6 heterocycles. The maximum absolute atomic E-state index is 12.9. The van der Waals surface area contributed by atoms with Crippen LogP contribution in [-0.4, -0.2) is 89.8 Å². The molecule has 1 amide bonds.